The molecule has 0 radical (unpaired) electrons. The van der Waals surface area contributed by atoms with E-state index in [0.717, 1.165) is 19.1 Å². The Morgan fingerprint density at radius 1 is 1.12 bits per heavy atom. The molecule has 0 bridgehead atoms. The number of ether oxygens (including phenoxy) is 1. The van der Waals surface area contributed by atoms with Gasteiger partial charge in [0.25, 0.3) is 0 Å². The lowest BCUT2D eigenvalue weighted by atomic mass is 10.1. The average molecular weight is 230 g/mol. The first-order valence-electron chi connectivity index (χ1n) is 6.67. The molecule has 0 aliphatic carbocycles. The van der Waals surface area contributed by atoms with Crippen LogP contribution in [0, 0.1) is 5.92 Å². The second-order valence-electron chi connectivity index (χ2n) is 4.76. The molecule has 0 saturated carbocycles. The van der Waals surface area contributed by atoms with Crippen molar-refractivity contribution in [2.24, 2.45) is 11.7 Å². The van der Waals surface area contributed by atoms with Crippen molar-refractivity contribution in [3.05, 3.63) is 0 Å². The van der Waals surface area contributed by atoms with Gasteiger partial charge in [0, 0.05) is 25.7 Å². The lowest BCUT2D eigenvalue weighted by Gasteiger charge is -2.31. The van der Waals surface area contributed by atoms with Crippen LogP contribution in [0.2, 0.25) is 0 Å². The molecule has 16 heavy (non-hydrogen) atoms. The molecule has 0 aromatic heterocycles. The lowest BCUT2D eigenvalue weighted by molar-refractivity contribution is 0.0816. The Kier molecular flexibility index (Phi) is 9.99. The molecule has 0 heterocycles. The first-order valence-corrected chi connectivity index (χ1v) is 6.67. The number of nitrogens with two attached hydrogens (primary N) is 1. The standard InChI is InChI=1S/C13H30N2O/c1-5-13(6-2)15(11-12(3)4)8-10-16-9-7-14/h12-13H,5-11,14H2,1-4H3. The highest BCUT2D eigenvalue weighted by molar-refractivity contribution is 4.70. The first-order chi connectivity index (χ1) is 7.65. The molecule has 0 atom stereocenters. The molecule has 0 aromatic rings. The highest BCUT2D eigenvalue weighted by Crippen LogP contribution is 2.10. The molecule has 0 aliphatic heterocycles. The fourth-order valence-electron chi connectivity index (χ4n) is 2.06. The van der Waals surface area contributed by atoms with Crippen molar-refractivity contribution in [2.45, 2.75) is 46.6 Å². The predicted molar refractivity (Wildman–Crippen MR) is 70.7 cm³/mol. The van der Waals surface area contributed by atoms with Crippen LogP contribution >= 0.6 is 0 Å². The van der Waals surface area contributed by atoms with Crippen LogP contribution in [0.15, 0.2) is 0 Å². The highest BCUT2D eigenvalue weighted by atomic mass is 16.5. The quantitative estimate of drug-likeness (QED) is 0.584. The zero-order valence-corrected chi connectivity index (χ0v) is 11.5. The maximum absolute atomic E-state index is 5.47. The molecule has 0 rings (SSSR count). The third-order valence-electron chi connectivity index (χ3n) is 2.84. The van der Waals surface area contributed by atoms with Crippen molar-refractivity contribution in [1.82, 2.24) is 4.90 Å². The maximum atomic E-state index is 5.47. The van der Waals surface area contributed by atoms with E-state index in [1.807, 2.05) is 0 Å². The van der Waals surface area contributed by atoms with E-state index in [2.05, 4.69) is 32.6 Å². The molecule has 0 saturated heterocycles. The number of hydrogen-bond acceptors (Lipinski definition) is 3. The Balaban J connectivity index is 3.98. The summed E-state index contributed by atoms with van der Waals surface area (Å²) in [6.07, 6.45) is 2.44. The smallest absolute Gasteiger partial charge is 0.0594 e. The Bertz CT molecular complexity index is 147. The molecule has 3 nitrogen and oxygen atoms in total. The summed E-state index contributed by atoms with van der Waals surface area (Å²) in [7, 11) is 0. The molecule has 0 amide bonds. The van der Waals surface area contributed by atoms with Crippen LogP contribution in [0.25, 0.3) is 0 Å². The summed E-state index contributed by atoms with van der Waals surface area (Å²) in [6, 6.07) is 0.698. The van der Waals surface area contributed by atoms with Crippen molar-refractivity contribution >= 4 is 0 Å². The second-order valence-corrected chi connectivity index (χ2v) is 4.76. The summed E-state index contributed by atoms with van der Waals surface area (Å²) in [4.78, 5) is 2.56. The van der Waals surface area contributed by atoms with E-state index in [1.54, 1.807) is 0 Å². The number of hydrogen-bond donors (Lipinski definition) is 1. The van der Waals surface area contributed by atoms with E-state index in [9.17, 15) is 0 Å². The Labute approximate surface area is 101 Å². The minimum atomic E-state index is 0.620. The molecular formula is C13H30N2O. The second kappa shape index (κ2) is 10.1. The normalized spacial score (nSPS) is 12.0. The van der Waals surface area contributed by atoms with Crippen molar-refractivity contribution in [3.63, 3.8) is 0 Å². The predicted octanol–water partition coefficient (Wildman–Crippen LogP) is 2.11. The van der Waals surface area contributed by atoms with E-state index < -0.39 is 0 Å². The Morgan fingerprint density at radius 2 is 1.75 bits per heavy atom. The van der Waals surface area contributed by atoms with Crippen LogP contribution in [0.1, 0.15) is 40.5 Å². The van der Waals surface area contributed by atoms with E-state index >= 15 is 0 Å². The fourth-order valence-corrected chi connectivity index (χ4v) is 2.06. The third kappa shape index (κ3) is 7.20. The SMILES string of the molecule is CCC(CC)N(CCOCCN)CC(C)C. The van der Waals surface area contributed by atoms with E-state index in [0.29, 0.717) is 19.2 Å². The van der Waals surface area contributed by atoms with Gasteiger partial charge in [0.15, 0.2) is 0 Å². The van der Waals surface area contributed by atoms with Gasteiger partial charge in [0.2, 0.25) is 0 Å². The lowest BCUT2D eigenvalue weighted by Crippen LogP contribution is -2.39. The van der Waals surface area contributed by atoms with E-state index in [-0.39, 0.29) is 0 Å². The number of rotatable bonds is 10. The zero-order valence-electron chi connectivity index (χ0n) is 11.5. The van der Waals surface area contributed by atoms with Crippen LogP contribution in [0.3, 0.4) is 0 Å². The van der Waals surface area contributed by atoms with Gasteiger partial charge in [-0.3, -0.25) is 4.90 Å². The Morgan fingerprint density at radius 3 is 2.19 bits per heavy atom. The molecular weight excluding hydrogens is 200 g/mol. The zero-order chi connectivity index (χ0) is 12.4. The minimum Gasteiger partial charge on any atom is -0.379 e. The highest BCUT2D eigenvalue weighted by Gasteiger charge is 2.15. The van der Waals surface area contributed by atoms with E-state index in [1.165, 1.54) is 19.4 Å². The van der Waals surface area contributed by atoms with Gasteiger partial charge >= 0.3 is 0 Å². The summed E-state index contributed by atoms with van der Waals surface area (Å²) in [5.41, 5.74) is 5.40. The molecule has 0 aromatic carbocycles. The Hall–Kier alpha value is -0.120. The van der Waals surface area contributed by atoms with Gasteiger partial charge in [0.1, 0.15) is 0 Å². The van der Waals surface area contributed by atoms with Crippen molar-refractivity contribution in [3.8, 4) is 0 Å². The summed E-state index contributed by atoms with van der Waals surface area (Å²) < 4.78 is 5.47. The third-order valence-corrected chi connectivity index (χ3v) is 2.84. The molecule has 0 spiro atoms. The minimum absolute atomic E-state index is 0.620. The fraction of sp³-hybridized carbons (Fsp3) is 1.00. The first kappa shape index (κ1) is 15.9. The van der Waals surface area contributed by atoms with Gasteiger partial charge in [-0.15, -0.1) is 0 Å². The van der Waals surface area contributed by atoms with Gasteiger partial charge in [0.05, 0.1) is 13.2 Å². The maximum Gasteiger partial charge on any atom is 0.0594 e. The van der Waals surface area contributed by atoms with E-state index in [4.69, 9.17) is 10.5 Å². The molecule has 0 fully saturated rings. The van der Waals surface area contributed by atoms with Crippen LogP contribution in [0.4, 0.5) is 0 Å². The summed E-state index contributed by atoms with van der Waals surface area (Å²) >= 11 is 0. The van der Waals surface area contributed by atoms with Crippen LogP contribution in [-0.2, 0) is 4.74 Å². The molecule has 98 valence electrons. The van der Waals surface area contributed by atoms with Gasteiger partial charge in [-0.1, -0.05) is 27.7 Å². The molecule has 2 N–H and O–H groups in total. The van der Waals surface area contributed by atoms with Crippen LogP contribution in [0.5, 0.6) is 0 Å². The average Bonchev–Trinajstić information content (AvgIpc) is 2.25. The molecule has 0 aliphatic rings. The van der Waals surface area contributed by atoms with Gasteiger partial charge in [-0.05, 0) is 18.8 Å². The van der Waals surface area contributed by atoms with Crippen LogP contribution < -0.4 is 5.73 Å². The number of nitrogens with zero attached hydrogens (tertiary/aromatic N) is 1. The summed E-state index contributed by atoms with van der Waals surface area (Å²) in [5, 5.41) is 0. The van der Waals surface area contributed by atoms with Crippen molar-refractivity contribution in [1.29, 1.82) is 0 Å². The summed E-state index contributed by atoms with van der Waals surface area (Å²) in [6.45, 7) is 13.4. The van der Waals surface area contributed by atoms with Crippen molar-refractivity contribution < 1.29 is 4.74 Å². The summed E-state index contributed by atoms with van der Waals surface area (Å²) in [5.74, 6) is 0.718. The molecule has 0 unspecified atom stereocenters. The monoisotopic (exact) mass is 230 g/mol. The molecule has 3 heteroatoms. The van der Waals surface area contributed by atoms with Gasteiger partial charge in [-0.2, -0.15) is 0 Å². The largest absolute Gasteiger partial charge is 0.379 e. The van der Waals surface area contributed by atoms with Crippen LogP contribution in [-0.4, -0.2) is 43.8 Å². The topological polar surface area (TPSA) is 38.5 Å². The van der Waals surface area contributed by atoms with Gasteiger partial charge in [-0.25, -0.2) is 0 Å². The van der Waals surface area contributed by atoms with Crippen molar-refractivity contribution in [2.75, 3.05) is 32.8 Å². The van der Waals surface area contributed by atoms with Gasteiger partial charge < -0.3 is 10.5 Å².